The van der Waals surface area contributed by atoms with E-state index in [9.17, 15) is 23.6 Å². The van der Waals surface area contributed by atoms with Crippen LogP contribution in [0.1, 0.15) is 43.5 Å². The van der Waals surface area contributed by atoms with Gasteiger partial charge in [0.15, 0.2) is 0 Å². The maximum atomic E-state index is 13.2. The van der Waals surface area contributed by atoms with Crippen molar-refractivity contribution in [1.82, 2.24) is 20.9 Å². The zero-order valence-corrected chi connectivity index (χ0v) is 23.1. The minimum absolute atomic E-state index is 0.00365. The van der Waals surface area contributed by atoms with Gasteiger partial charge in [-0.25, -0.2) is 4.39 Å². The molecule has 2 atom stereocenters. The quantitative estimate of drug-likeness (QED) is 0.450. The molecule has 0 radical (unpaired) electrons. The Bertz CT molecular complexity index is 1170. The second-order valence-electron chi connectivity index (χ2n) is 10.0. The first-order valence-corrected chi connectivity index (χ1v) is 13.4. The number of carbonyl (C=O) groups excluding carboxylic acids is 4. The average Bonchev–Trinajstić information content (AvgIpc) is 2.93. The molecule has 0 aliphatic carbocycles. The van der Waals surface area contributed by atoms with Crippen LogP contribution >= 0.6 is 0 Å². The summed E-state index contributed by atoms with van der Waals surface area (Å²) in [7, 11) is 1.64. The average molecular weight is 557 g/mol. The van der Waals surface area contributed by atoms with E-state index in [1.54, 1.807) is 31.3 Å². The highest BCUT2D eigenvalue weighted by Gasteiger charge is 2.28. The standard InChI is InChI=1S/C29H37FN4O6/c1-19(2)18-24-29(38)34(3)15-17-40-25-7-5-4-6-22(25)27(36)33-23(12-13-26(35)32-24)28(37)31-14-16-39-21-10-8-20(30)9-11-21/h4-11,19,23-24H,12-18H2,1-3H3,(H,31,37)(H,32,35)(H,33,36)/t23-,24-/m0/s1. The number of nitrogens with one attached hydrogen (secondary N) is 3. The van der Waals surface area contributed by atoms with Crippen LogP contribution < -0.4 is 25.4 Å². The third-order valence-corrected chi connectivity index (χ3v) is 6.30. The molecular weight excluding hydrogens is 519 g/mol. The van der Waals surface area contributed by atoms with Crippen molar-refractivity contribution in [3.63, 3.8) is 0 Å². The zero-order chi connectivity index (χ0) is 29.1. The summed E-state index contributed by atoms with van der Waals surface area (Å²) in [6.07, 6.45) is 0.366. The van der Waals surface area contributed by atoms with E-state index in [0.29, 0.717) is 17.9 Å². The van der Waals surface area contributed by atoms with Crippen molar-refractivity contribution in [2.45, 2.75) is 45.2 Å². The van der Waals surface area contributed by atoms with Crippen LogP contribution in [-0.2, 0) is 14.4 Å². The second-order valence-corrected chi connectivity index (χ2v) is 10.0. The molecule has 3 N–H and O–H groups in total. The number of nitrogens with zero attached hydrogens (tertiary/aromatic N) is 1. The largest absolute Gasteiger partial charge is 0.492 e. The molecule has 1 heterocycles. The normalized spacial score (nSPS) is 18.9. The molecule has 0 fully saturated rings. The molecule has 0 aromatic heterocycles. The van der Waals surface area contributed by atoms with Crippen LogP contribution in [0.2, 0.25) is 0 Å². The molecule has 40 heavy (non-hydrogen) atoms. The molecule has 0 saturated heterocycles. The van der Waals surface area contributed by atoms with Gasteiger partial charge in [0.05, 0.1) is 18.7 Å². The van der Waals surface area contributed by atoms with Gasteiger partial charge in [0.1, 0.15) is 42.6 Å². The van der Waals surface area contributed by atoms with Crippen molar-refractivity contribution >= 4 is 23.6 Å². The number of halogens is 1. The fraction of sp³-hybridized carbons (Fsp3) is 0.448. The van der Waals surface area contributed by atoms with E-state index in [-0.39, 0.29) is 62.4 Å². The molecule has 4 amide bonds. The number of amides is 4. The van der Waals surface area contributed by atoms with Crippen molar-refractivity contribution in [1.29, 1.82) is 0 Å². The highest BCUT2D eigenvalue weighted by Crippen LogP contribution is 2.19. The summed E-state index contributed by atoms with van der Waals surface area (Å²) in [6.45, 7) is 4.54. The van der Waals surface area contributed by atoms with Crippen LogP contribution in [-0.4, -0.2) is 74.0 Å². The highest BCUT2D eigenvalue weighted by atomic mass is 19.1. The van der Waals surface area contributed by atoms with E-state index >= 15 is 0 Å². The number of carbonyl (C=O) groups is 4. The second kappa shape index (κ2) is 14.9. The molecule has 3 rings (SSSR count). The first-order valence-electron chi connectivity index (χ1n) is 13.4. The van der Waals surface area contributed by atoms with Crippen LogP contribution in [0, 0.1) is 11.7 Å². The molecular formula is C29H37FN4O6. The molecule has 1 aliphatic rings. The van der Waals surface area contributed by atoms with Gasteiger partial charge in [0.2, 0.25) is 17.7 Å². The lowest BCUT2D eigenvalue weighted by Gasteiger charge is -2.26. The van der Waals surface area contributed by atoms with E-state index in [1.165, 1.54) is 29.2 Å². The van der Waals surface area contributed by atoms with E-state index < -0.39 is 29.8 Å². The number of para-hydroxylation sites is 1. The fourth-order valence-corrected chi connectivity index (χ4v) is 4.19. The highest BCUT2D eigenvalue weighted by molar-refractivity contribution is 5.99. The van der Waals surface area contributed by atoms with Gasteiger partial charge in [0, 0.05) is 13.5 Å². The SMILES string of the molecule is CC(C)C[C@@H]1NC(=O)CC[C@@H](C(=O)NCCOc2ccc(F)cc2)NC(=O)c2ccccc2OCCN(C)C1=O. The predicted molar refractivity (Wildman–Crippen MR) is 146 cm³/mol. The number of likely N-dealkylation sites (N-methyl/N-ethyl adjacent to an activating group) is 1. The number of ether oxygens (including phenoxy) is 2. The van der Waals surface area contributed by atoms with Gasteiger partial charge >= 0.3 is 0 Å². The van der Waals surface area contributed by atoms with Gasteiger partial charge in [-0.2, -0.15) is 0 Å². The monoisotopic (exact) mass is 556 g/mol. The van der Waals surface area contributed by atoms with Crippen molar-refractivity contribution in [2.24, 2.45) is 5.92 Å². The van der Waals surface area contributed by atoms with Gasteiger partial charge in [-0.15, -0.1) is 0 Å². The Labute approximate surface area is 233 Å². The minimum atomic E-state index is -1.04. The first-order chi connectivity index (χ1) is 19.1. The predicted octanol–water partition coefficient (Wildman–Crippen LogP) is 2.28. The summed E-state index contributed by atoms with van der Waals surface area (Å²) >= 11 is 0. The lowest BCUT2D eigenvalue weighted by Crippen LogP contribution is -2.50. The van der Waals surface area contributed by atoms with Crippen molar-refractivity contribution in [3.05, 3.63) is 59.9 Å². The van der Waals surface area contributed by atoms with Crippen molar-refractivity contribution in [2.75, 3.05) is 33.4 Å². The molecule has 216 valence electrons. The van der Waals surface area contributed by atoms with Crippen LogP contribution in [0.3, 0.4) is 0 Å². The number of hydrogen-bond donors (Lipinski definition) is 3. The minimum Gasteiger partial charge on any atom is -0.492 e. The Kier molecular flexibility index (Phi) is 11.3. The number of rotatable bonds is 7. The van der Waals surface area contributed by atoms with Crippen LogP contribution in [0.15, 0.2) is 48.5 Å². The molecule has 2 aromatic rings. The lowest BCUT2D eigenvalue weighted by molar-refractivity contribution is -0.136. The lowest BCUT2D eigenvalue weighted by atomic mass is 10.0. The first kappa shape index (κ1) is 30.4. The summed E-state index contributed by atoms with van der Waals surface area (Å²) < 4.78 is 24.4. The molecule has 0 bridgehead atoms. The van der Waals surface area contributed by atoms with Crippen LogP contribution in [0.25, 0.3) is 0 Å². The summed E-state index contributed by atoms with van der Waals surface area (Å²) in [5.41, 5.74) is 0.228. The molecule has 10 nitrogen and oxygen atoms in total. The Morgan fingerprint density at radius 2 is 1.85 bits per heavy atom. The van der Waals surface area contributed by atoms with E-state index in [4.69, 9.17) is 9.47 Å². The van der Waals surface area contributed by atoms with Gasteiger partial charge in [-0.05, 0) is 55.2 Å². The summed E-state index contributed by atoms with van der Waals surface area (Å²) in [5.74, 6) is -1.13. The Morgan fingerprint density at radius 3 is 2.58 bits per heavy atom. The van der Waals surface area contributed by atoms with E-state index in [2.05, 4.69) is 16.0 Å². The molecule has 1 aliphatic heterocycles. The van der Waals surface area contributed by atoms with Gasteiger partial charge in [0.25, 0.3) is 5.91 Å². The third-order valence-electron chi connectivity index (χ3n) is 6.30. The zero-order valence-electron chi connectivity index (χ0n) is 23.1. The topological polar surface area (TPSA) is 126 Å². The molecule has 0 saturated carbocycles. The molecule has 2 aromatic carbocycles. The van der Waals surface area contributed by atoms with Gasteiger partial charge in [-0.3, -0.25) is 19.2 Å². The maximum absolute atomic E-state index is 13.2. The third kappa shape index (κ3) is 9.25. The molecule has 0 unspecified atom stereocenters. The van der Waals surface area contributed by atoms with E-state index in [0.717, 1.165) is 0 Å². The fourth-order valence-electron chi connectivity index (χ4n) is 4.19. The Balaban J connectivity index is 1.74. The van der Waals surface area contributed by atoms with Crippen LogP contribution in [0.5, 0.6) is 11.5 Å². The summed E-state index contributed by atoms with van der Waals surface area (Å²) in [5, 5.41) is 8.23. The van der Waals surface area contributed by atoms with Gasteiger partial charge < -0.3 is 30.3 Å². The summed E-state index contributed by atoms with van der Waals surface area (Å²) in [4.78, 5) is 53.7. The van der Waals surface area contributed by atoms with Gasteiger partial charge in [-0.1, -0.05) is 26.0 Å². The van der Waals surface area contributed by atoms with Crippen molar-refractivity contribution in [3.8, 4) is 11.5 Å². The van der Waals surface area contributed by atoms with Crippen LogP contribution in [0.4, 0.5) is 4.39 Å². The number of benzene rings is 2. The molecule has 11 heteroatoms. The Hall–Kier alpha value is -4.15. The molecule has 0 spiro atoms. The van der Waals surface area contributed by atoms with E-state index in [1.807, 2.05) is 13.8 Å². The van der Waals surface area contributed by atoms with Crippen molar-refractivity contribution < 1.29 is 33.0 Å². The summed E-state index contributed by atoms with van der Waals surface area (Å²) in [6, 6.07) is 10.4. The Morgan fingerprint density at radius 1 is 1.12 bits per heavy atom. The number of fused-ring (bicyclic) bond motifs is 1. The smallest absolute Gasteiger partial charge is 0.255 e. The maximum Gasteiger partial charge on any atom is 0.255 e. The number of hydrogen-bond acceptors (Lipinski definition) is 6.